The molecule has 0 saturated carbocycles. The lowest BCUT2D eigenvalue weighted by Gasteiger charge is -2.04. The molecule has 0 fully saturated rings. The van der Waals surface area contributed by atoms with E-state index in [9.17, 15) is 0 Å². The maximum atomic E-state index is 5.80. The van der Waals surface area contributed by atoms with Crippen LogP contribution in [0.25, 0.3) is 5.65 Å². The van der Waals surface area contributed by atoms with Gasteiger partial charge in [-0.15, -0.1) is 0 Å². The van der Waals surface area contributed by atoms with E-state index in [-0.39, 0.29) is 0 Å². The number of aromatic nitrogens is 2. The fourth-order valence-corrected chi connectivity index (χ4v) is 1.49. The summed E-state index contributed by atoms with van der Waals surface area (Å²) in [5.41, 5.74) is 8.40. The van der Waals surface area contributed by atoms with Crippen molar-refractivity contribution in [3.63, 3.8) is 0 Å². The van der Waals surface area contributed by atoms with Gasteiger partial charge in [0.1, 0.15) is 0 Å². The van der Waals surface area contributed by atoms with Crippen LogP contribution < -0.4 is 5.73 Å². The summed E-state index contributed by atoms with van der Waals surface area (Å²) in [5.74, 6) is 0. The topological polar surface area (TPSA) is 46.6 Å². The van der Waals surface area contributed by atoms with Crippen molar-refractivity contribution in [3.8, 4) is 0 Å². The molecule has 2 aromatic rings. The first-order chi connectivity index (χ1) is 6.66. The Morgan fingerprint density at radius 3 is 2.93 bits per heavy atom. The van der Waals surface area contributed by atoms with Crippen LogP contribution >= 0.6 is 0 Å². The summed E-state index contributed by atoms with van der Waals surface area (Å²) in [5, 5.41) is 0. The Hall–Kier alpha value is -1.55. The number of nitrogens with two attached hydrogens (primary N) is 1. The molecule has 0 bridgehead atoms. The predicted octanol–water partition coefficient (Wildman–Crippen LogP) is 0.978. The standard InChI is InChI=1S/C10H14N4/c1-13(2)6-8-7-14-5-3-4-9(11)10(14)12-8/h3-5,7H,6,11H2,1-2H3. The molecule has 14 heavy (non-hydrogen) atoms. The second kappa shape index (κ2) is 3.31. The first kappa shape index (κ1) is 9.02. The van der Waals surface area contributed by atoms with Gasteiger partial charge in [0.15, 0.2) is 5.65 Å². The van der Waals surface area contributed by atoms with Crippen LogP contribution in [0.5, 0.6) is 0 Å². The Morgan fingerprint density at radius 2 is 2.29 bits per heavy atom. The van der Waals surface area contributed by atoms with Crippen LogP contribution in [-0.2, 0) is 6.54 Å². The molecule has 2 rings (SSSR count). The van der Waals surface area contributed by atoms with E-state index in [0.29, 0.717) is 0 Å². The highest BCUT2D eigenvalue weighted by Crippen LogP contribution is 2.12. The quantitative estimate of drug-likeness (QED) is 0.767. The third kappa shape index (κ3) is 1.56. The van der Waals surface area contributed by atoms with Crippen LogP contribution in [0.1, 0.15) is 5.69 Å². The molecule has 0 spiro atoms. The molecule has 2 aromatic heterocycles. The maximum Gasteiger partial charge on any atom is 0.160 e. The van der Waals surface area contributed by atoms with Crippen molar-refractivity contribution >= 4 is 11.3 Å². The fourth-order valence-electron chi connectivity index (χ4n) is 1.49. The van der Waals surface area contributed by atoms with Gasteiger partial charge in [-0.05, 0) is 26.2 Å². The molecule has 0 saturated heterocycles. The lowest BCUT2D eigenvalue weighted by molar-refractivity contribution is 0.398. The number of rotatable bonds is 2. The van der Waals surface area contributed by atoms with E-state index in [2.05, 4.69) is 9.88 Å². The molecule has 4 heteroatoms. The van der Waals surface area contributed by atoms with Gasteiger partial charge in [-0.2, -0.15) is 0 Å². The average molecular weight is 190 g/mol. The normalized spacial score (nSPS) is 11.4. The van der Waals surface area contributed by atoms with E-state index in [1.807, 2.05) is 43.0 Å². The van der Waals surface area contributed by atoms with E-state index in [1.54, 1.807) is 0 Å². The number of fused-ring (bicyclic) bond motifs is 1. The van der Waals surface area contributed by atoms with E-state index >= 15 is 0 Å². The lowest BCUT2D eigenvalue weighted by atomic mass is 10.4. The minimum Gasteiger partial charge on any atom is -0.396 e. The minimum atomic E-state index is 0.720. The van der Waals surface area contributed by atoms with Crippen molar-refractivity contribution in [1.29, 1.82) is 0 Å². The van der Waals surface area contributed by atoms with Gasteiger partial charge in [-0.1, -0.05) is 0 Å². The monoisotopic (exact) mass is 190 g/mol. The van der Waals surface area contributed by atoms with Crippen LogP contribution in [0.15, 0.2) is 24.5 Å². The second-order valence-electron chi connectivity index (χ2n) is 3.66. The number of nitrogen functional groups attached to an aromatic ring is 1. The van der Waals surface area contributed by atoms with Crippen molar-refractivity contribution in [1.82, 2.24) is 14.3 Å². The molecule has 0 aliphatic rings. The maximum absolute atomic E-state index is 5.80. The molecule has 0 unspecified atom stereocenters. The summed E-state index contributed by atoms with van der Waals surface area (Å²) in [7, 11) is 4.04. The van der Waals surface area contributed by atoms with E-state index in [0.717, 1.165) is 23.6 Å². The summed E-state index contributed by atoms with van der Waals surface area (Å²) >= 11 is 0. The summed E-state index contributed by atoms with van der Waals surface area (Å²) < 4.78 is 1.95. The van der Waals surface area contributed by atoms with Crippen molar-refractivity contribution in [2.75, 3.05) is 19.8 Å². The van der Waals surface area contributed by atoms with Crippen LogP contribution in [-0.4, -0.2) is 28.4 Å². The Kier molecular flexibility index (Phi) is 2.13. The van der Waals surface area contributed by atoms with Crippen LogP contribution in [0.3, 0.4) is 0 Å². The number of imidazole rings is 1. The molecule has 2 heterocycles. The van der Waals surface area contributed by atoms with Gasteiger partial charge < -0.3 is 15.0 Å². The first-order valence-electron chi connectivity index (χ1n) is 4.53. The SMILES string of the molecule is CN(C)Cc1cn2cccc(N)c2n1. The molecule has 4 nitrogen and oxygen atoms in total. The van der Waals surface area contributed by atoms with Gasteiger partial charge >= 0.3 is 0 Å². The van der Waals surface area contributed by atoms with E-state index < -0.39 is 0 Å². The molecule has 2 N–H and O–H groups in total. The van der Waals surface area contributed by atoms with Gasteiger partial charge in [-0.25, -0.2) is 4.98 Å². The van der Waals surface area contributed by atoms with Crippen LogP contribution in [0, 0.1) is 0 Å². The van der Waals surface area contributed by atoms with Gasteiger partial charge in [0, 0.05) is 18.9 Å². The molecule has 0 amide bonds. The van der Waals surface area contributed by atoms with Crippen LogP contribution in [0.4, 0.5) is 5.69 Å². The average Bonchev–Trinajstić information content (AvgIpc) is 2.47. The third-order valence-corrected chi connectivity index (χ3v) is 2.04. The Bertz CT molecular complexity index is 444. The molecule has 0 aliphatic heterocycles. The Morgan fingerprint density at radius 1 is 1.50 bits per heavy atom. The van der Waals surface area contributed by atoms with E-state index in [1.165, 1.54) is 0 Å². The zero-order valence-electron chi connectivity index (χ0n) is 8.44. The number of anilines is 1. The largest absolute Gasteiger partial charge is 0.396 e. The highest BCUT2D eigenvalue weighted by Gasteiger charge is 2.04. The molecule has 0 aliphatic carbocycles. The zero-order valence-corrected chi connectivity index (χ0v) is 8.44. The van der Waals surface area contributed by atoms with E-state index in [4.69, 9.17) is 5.73 Å². The van der Waals surface area contributed by atoms with Gasteiger partial charge in [0.05, 0.1) is 11.4 Å². The van der Waals surface area contributed by atoms with Crippen molar-refractivity contribution in [2.45, 2.75) is 6.54 Å². The predicted molar refractivity (Wildman–Crippen MR) is 57.0 cm³/mol. The zero-order chi connectivity index (χ0) is 10.1. The molecular weight excluding hydrogens is 176 g/mol. The smallest absolute Gasteiger partial charge is 0.160 e. The Balaban J connectivity index is 2.46. The van der Waals surface area contributed by atoms with Crippen molar-refractivity contribution in [3.05, 3.63) is 30.2 Å². The highest BCUT2D eigenvalue weighted by molar-refractivity contribution is 5.64. The second-order valence-corrected chi connectivity index (χ2v) is 3.66. The molecule has 0 radical (unpaired) electrons. The molecule has 0 atom stereocenters. The first-order valence-corrected chi connectivity index (χ1v) is 4.53. The van der Waals surface area contributed by atoms with Crippen molar-refractivity contribution in [2.24, 2.45) is 0 Å². The summed E-state index contributed by atoms with van der Waals surface area (Å²) in [6.45, 7) is 0.834. The molecular formula is C10H14N4. The number of hydrogen-bond donors (Lipinski definition) is 1. The van der Waals surface area contributed by atoms with Gasteiger partial charge in [0.2, 0.25) is 0 Å². The summed E-state index contributed by atoms with van der Waals surface area (Å²) in [6.07, 6.45) is 3.96. The highest BCUT2D eigenvalue weighted by atomic mass is 15.1. The van der Waals surface area contributed by atoms with Gasteiger partial charge in [0.25, 0.3) is 0 Å². The number of nitrogens with zero attached hydrogens (tertiary/aromatic N) is 3. The molecule has 74 valence electrons. The Labute approximate surface area is 83.0 Å². The third-order valence-electron chi connectivity index (χ3n) is 2.04. The lowest BCUT2D eigenvalue weighted by Crippen LogP contribution is -2.10. The number of pyridine rings is 1. The van der Waals surface area contributed by atoms with Gasteiger partial charge in [-0.3, -0.25) is 0 Å². The minimum absolute atomic E-state index is 0.720. The summed E-state index contributed by atoms with van der Waals surface area (Å²) in [6, 6.07) is 3.78. The summed E-state index contributed by atoms with van der Waals surface area (Å²) in [4.78, 5) is 6.53. The fraction of sp³-hybridized carbons (Fsp3) is 0.300. The van der Waals surface area contributed by atoms with Crippen LogP contribution in [0.2, 0.25) is 0 Å². The number of hydrogen-bond acceptors (Lipinski definition) is 3. The molecule has 0 aromatic carbocycles. The van der Waals surface area contributed by atoms with Crippen molar-refractivity contribution < 1.29 is 0 Å².